The minimum Gasteiger partial charge on any atom is -0.462 e. The van der Waals surface area contributed by atoms with Crippen molar-refractivity contribution in [3.05, 3.63) is 30.3 Å². The van der Waals surface area contributed by atoms with E-state index in [0.717, 1.165) is 45.3 Å². The van der Waals surface area contributed by atoms with Gasteiger partial charge in [-0.1, -0.05) is 18.2 Å². The van der Waals surface area contributed by atoms with Crippen LogP contribution in [-0.2, 0) is 57.2 Å². The topological polar surface area (TPSA) is 185 Å². The Hall–Kier alpha value is -4.69. The number of carbonyl (C=O) groups excluding carboxylic acids is 6. The maximum absolute atomic E-state index is 12.6. The zero-order valence-electron chi connectivity index (χ0n) is 23.5. The summed E-state index contributed by atoms with van der Waals surface area (Å²) in [5.74, 6) is -4.95. The quantitative estimate of drug-likeness (QED) is 0.257. The summed E-state index contributed by atoms with van der Waals surface area (Å²) in [7, 11) is 0. The number of rotatable bonds is 13. The highest BCUT2D eigenvalue weighted by Crippen LogP contribution is 2.28. The normalized spacial score (nSPS) is 17.0. The van der Waals surface area contributed by atoms with Gasteiger partial charge in [-0.3, -0.25) is 28.8 Å². The summed E-state index contributed by atoms with van der Waals surface area (Å²) in [4.78, 5) is 72.6. The molecule has 1 unspecified atom stereocenters. The van der Waals surface area contributed by atoms with Crippen molar-refractivity contribution in [2.75, 3.05) is 18.5 Å². The first-order valence-corrected chi connectivity index (χ1v) is 12.4. The molecule has 1 N–H and O–H groups in total. The maximum Gasteiger partial charge on any atom is 0.303 e. The lowest BCUT2D eigenvalue weighted by atomic mass is 10.00. The van der Waals surface area contributed by atoms with Gasteiger partial charge in [-0.2, -0.15) is 5.01 Å². The predicted octanol–water partition coefficient (Wildman–Crippen LogP) is 0.907. The Bertz CT molecular complexity index is 1160. The van der Waals surface area contributed by atoms with Gasteiger partial charge in [0.1, 0.15) is 6.61 Å². The Labute approximate surface area is 236 Å². The third-order valence-electron chi connectivity index (χ3n) is 5.23. The number of para-hydroxylation sites is 1. The van der Waals surface area contributed by atoms with Crippen molar-refractivity contribution >= 4 is 47.3 Å². The lowest BCUT2D eigenvalue weighted by Gasteiger charge is -2.37. The van der Waals surface area contributed by atoms with Crippen LogP contribution in [0.2, 0.25) is 0 Å². The molecule has 0 bridgehead atoms. The highest BCUT2D eigenvalue weighted by molar-refractivity contribution is 5.85. The standard InChI is InChI=1S/C26H33N3O12/c1-14(30)29-26(41-22(28-29)12-27-20-10-8-7-9-11-20)25(40-19(6)35)24(39-18(5)34)23(38-17(4)33)21(37-16(3)32)13-36-15(2)31/h7-11,21,23-27H,12-13H2,1-6H3/t21-,23+,24+,25-,26?/m1/s1. The van der Waals surface area contributed by atoms with Crippen LogP contribution in [0.15, 0.2) is 35.4 Å². The second-order valence-corrected chi connectivity index (χ2v) is 8.76. The van der Waals surface area contributed by atoms with Crippen LogP contribution >= 0.6 is 0 Å². The molecule has 2 rings (SSSR count). The lowest BCUT2D eigenvalue weighted by molar-refractivity contribution is -0.216. The van der Waals surface area contributed by atoms with Crippen molar-refractivity contribution in [2.24, 2.45) is 5.10 Å². The second-order valence-electron chi connectivity index (χ2n) is 8.76. The Morgan fingerprint density at radius 3 is 1.88 bits per heavy atom. The molecular formula is C26H33N3O12. The van der Waals surface area contributed by atoms with Gasteiger partial charge in [0.15, 0.2) is 24.4 Å². The van der Waals surface area contributed by atoms with E-state index in [1.54, 1.807) is 24.3 Å². The average molecular weight is 580 g/mol. The molecular weight excluding hydrogens is 546 g/mol. The number of amides is 1. The Balaban J connectivity index is 2.54. The summed E-state index contributed by atoms with van der Waals surface area (Å²) in [5, 5.41) is 8.09. The summed E-state index contributed by atoms with van der Waals surface area (Å²) in [5.41, 5.74) is 0.718. The molecule has 0 aromatic heterocycles. The molecule has 1 aliphatic rings. The van der Waals surface area contributed by atoms with Crippen molar-refractivity contribution in [1.82, 2.24) is 5.01 Å². The Morgan fingerprint density at radius 1 is 0.805 bits per heavy atom. The SMILES string of the molecule is CC(=O)OC[C@@H](OC(C)=O)[C@H](OC(C)=O)[C@H](OC(C)=O)[C@@H](OC(C)=O)C1OC(CNc2ccccc2)=NN1C(C)=O. The van der Waals surface area contributed by atoms with Crippen LogP contribution in [0.5, 0.6) is 0 Å². The number of hydrazone groups is 1. The number of carbonyl (C=O) groups is 6. The molecule has 41 heavy (non-hydrogen) atoms. The summed E-state index contributed by atoms with van der Waals surface area (Å²) in [6, 6.07) is 9.00. The van der Waals surface area contributed by atoms with Crippen LogP contribution in [0, 0.1) is 0 Å². The first kappa shape index (κ1) is 32.5. The number of hydrogen-bond acceptors (Lipinski definition) is 14. The van der Waals surface area contributed by atoms with Gasteiger partial charge >= 0.3 is 29.8 Å². The van der Waals surface area contributed by atoms with Gasteiger partial charge in [-0.05, 0) is 12.1 Å². The van der Waals surface area contributed by atoms with Crippen LogP contribution in [0.25, 0.3) is 0 Å². The number of nitrogens with zero attached hydrogens (tertiary/aromatic N) is 2. The second kappa shape index (κ2) is 15.2. The van der Waals surface area contributed by atoms with Crippen LogP contribution in [0.1, 0.15) is 41.5 Å². The molecule has 0 aliphatic carbocycles. The molecule has 0 spiro atoms. The summed E-state index contributed by atoms with van der Waals surface area (Å²) < 4.78 is 32.4. The van der Waals surface area contributed by atoms with Gasteiger partial charge in [0.25, 0.3) is 0 Å². The van der Waals surface area contributed by atoms with E-state index >= 15 is 0 Å². The average Bonchev–Trinajstić information content (AvgIpc) is 3.30. The molecule has 0 radical (unpaired) electrons. The molecule has 15 heteroatoms. The zero-order valence-corrected chi connectivity index (χ0v) is 23.5. The minimum absolute atomic E-state index is 0.00517. The van der Waals surface area contributed by atoms with Crippen molar-refractivity contribution in [3.63, 3.8) is 0 Å². The van der Waals surface area contributed by atoms with E-state index in [4.69, 9.17) is 28.4 Å². The fraction of sp³-hybridized carbons (Fsp3) is 0.500. The number of esters is 5. The highest BCUT2D eigenvalue weighted by atomic mass is 16.6. The number of ether oxygens (including phenoxy) is 6. The fourth-order valence-electron chi connectivity index (χ4n) is 3.80. The van der Waals surface area contributed by atoms with Crippen molar-refractivity contribution in [2.45, 2.75) is 72.2 Å². The predicted molar refractivity (Wildman–Crippen MR) is 139 cm³/mol. The lowest BCUT2D eigenvalue weighted by Crippen LogP contribution is -2.59. The first-order chi connectivity index (χ1) is 19.3. The summed E-state index contributed by atoms with van der Waals surface area (Å²) in [6.07, 6.45) is -8.18. The highest BCUT2D eigenvalue weighted by Gasteiger charge is 2.51. The minimum atomic E-state index is -1.75. The molecule has 5 atom stereocenters. The van der Waals surface area contributed by atoms with E-state index in [9.17, 15) is 28.8 Å². The van der Waals surface area contributed by atoms with E-state index in [0.29, 0.717) is 0 Å². The molecule has 1 heterocycles. The third-order valence-corrected chi connectivity index (χ3v) is 5.23. The number of hydrogen-bond donors (Lipinski definition) is 1. The molecule has 1 aromatic carbocycles. The van der Waals surface area contributed by atoms with Crippen molar-refractivity contribution in [3.8, 4) is 0 Å². The van der Waals surface area contributed by atoms with Gasteiger partial charge in [0, 0.05) is 47.2 Å². The van der Waals surface area contributed by atoms with E-state index in [-0.39, 0.29) is 12.4 Å². The third kappa shape index (κ3) is 10.4. The van der Waals surface area contributed by atoms with E-state index in [2.05, 4.69) is 10.4 Å². The molecule has 1 amide bonds. The zero-order chi connectivity index (χ0) is 30.7. The molecule has 224 valence electrons. The summed E-state index contributed by atoms with van der Waals surface area (Å²) >= 11 is 0. The van der Waals surface area contributed by atoms with Gasteiger partial charge < -0.3 is 33.7 Å². The summed E-state index contributed by atoms with van der Waals surface area (Å²) in [6.45, 7) is 5.80. The Kier molecular flexibility index (Phi) is 12.0. The van der Waals surface area contributed by atoms with Crippen molar-refractivity contribution < 1.29 is 57.2 Å². The molecule has 0 fully saturated rings. The number of benzene rings is 1. The molecule has 15 nitrogen and oxygen atoms in total. The van der Waals surface area contributed by atoms with Crippen LogP contribution in [0.4, 0.5) is 5.69 Å². The molecule has 0 saturated heterocycles. The van der Waals surface area contributed by atoms with Crippen LogP contribution in [-0.4, -0.2) is 90.5 Å². The fourth-order valence-corrected chi connectivity index (χ4v) is 3.80. The molecule has 0 saturated carbocycles. The smallest absolute Gasteiger partial charge is 0.303 e. The van der Waals surface area contributed by atoms with E-state index in [1.165, 1.54) is 6.92 Å². The van der Waals surface area contributed by atoms with Gasteiger partial charge in [0.2, 0.25) is 18.0 Å². The van der Waals surface area contributed by atoms with Crippen LogP contribution in [0.3, 0.4) is 0 Å². The molecule has 1 aliphatic heterocycles. The van der Waals surface area contributed by atoms with Gasteiger partial charge in [0.05, 0.1) is 6.54 Å². The Morgan fingerprint density at radius 2 is 1.37 bits per heavy atom. The van der Waals surface area contributed by atoms with Gasteiger partial charge in [-0.15, -0.1) is 5.10 Å². The molecule has 1 aromatic rings. The van der Waals surface area contributed by atoms with E-state index in [1.807, 2.05) is 6.07 Å². The van der Waals surface area contributed by atoms with E-state index < -0.39 is 73.0 Å². The van der Waals surface area contributed by atoms with Crippen molar-refractivity contribution in [1.29, 1.82) is 0 Å². The monoisotopic (exact) mass is 579 g/mol. The first-order valence-electron chi connectivity index (χ1n) is 12.4. The van der Waals surface area contributed by atoms with Gasteiger partial charge in [-0.25, -0.2) is 0 Å². The number of nitrogens with one attached hydrogen (secondary N) is 1. The largest absolute Gasteiger partial charge is 0.462 e. The maximum atomic E-state index is 12.6. The van der Waals surface area contributed by atoms with Crippen LogP contribution < -0.4 is 5.32 Å². The number of anilines is 1.